The second kappa shape index (κ2) is 9.57. The molecule has 0 spiro atoms. The molecule has 2 aromatic carbocycles. The van der Waals surface area contributed by atoms with Gasteiger partial charge in [-0.2, -0.15) is 0 Å². The summed E-state index contributed by atoms with van der Waals surface area (Å²) in [5.41, 5.74) is 1.75. The maximum absolute atomic E-state index is 12.2. The van der Waals surface area contributed by atoms with Gasteiger partial charge in [-0.05, 0) is 41.5 Å². The Labute approximate surface area is 179 Å². The van der Waals surface area contributed by atoms with Crippen molar-refractivity contribution in [1.29, 1.82) is 0 Å². The molecule has 0 bridgehead atoms. The van der Waals surface area contributed by atoms with Gasteiger partial charge in [-0.25, -0.2) is 4.79 Å². The first kappa shape index (κ1) is 23.1. The van der Waals surface area contributed by atoms with Crippen LogP contribution in [0.15, 0.2) is 47.4 Å². The summed E-state index contributed by atoms with van der Waals surface area (Å²) in [5, 5.41) is 13.6. The number of benzene rings is 2. The molecule has 2 N–H and O–H groups in total. The van der Waals surface area contributed by atoms with Gasteiger partial charge in [0.25, 0.3) is 0 Å². The van der Waals surface area contributed by atoms with E-state index in [2.05, 4.69) is 17.4 Å². The standard InChI is InChI=1S/C24H33NO3S/c1-23(2,3)19-15-17(16-20(21(19)26)24(4,5)6)25-22(27)28-13-10-14-29-18-11-8-7-9-12-18/h7-9,11-12,15-16,26H,10,13-14H2,1-6H3,(H,25,27). The summed E-state index contributed by atoms with van der Waals surface area (Å²) in [6, 6.07) is 13.8. The molecule has 158 valence electrons. The van der Waals surface area contributed by atoms with Gasteiger partial charge in [0.05, 0.1) is 6.61 Å². The van der Waals surface area contributed by atoms with Crippen LogP contribution >= 0.6 is 11.8 Å². The molecule has 4 nitrogen and oxygen atoms in total. The third-order valence-electron chi connectivity index (χ3n) is 4.51. The number of thioether (sulfide) groups is 1. The minimum atomic E-state index is -0.472. The van der Waals surface area contributed by atoms with E-state index in [-0.39, 0.29) is 10.8 Å². The first-order chi connectivity index (χ1) is 13.5. The highest BCUT2D eigenvalue weighted by molar-refractivity contribution is 7.99. The number of carbonyl (C=O) groups is 1. The summed E-state index contributed by atoms with van der Waals surface area (Å²) in [7, 11) is 0. The Bertz CT molecular complexity index is 785. The third-order valence-corrected chi connectivity index (χ3v) is 5.60. The molecule has 0 aliphatic rings. The molecule has 29 heavy (non-hydrogen) atoms. The number of nitrogens with one attached hydrogen (secondary N) is 1. The van der Waals surface area contributed by atoms with Crippen LogP contribution < -0.4 is 5.32 Å². The minimum absolute atomic E-state index is 0.250. The summed E-state index contributed by atoms with van der Waals surface area (Å²) in [5.74, 6) is 1.18. The van der Waals surface area contributed by atoms with Crippen molar-refractivity contribution in [3.05, 3.63) is 53.6 Å². The van der Waals surface area contributed by atoms with Crippen molar-refractivity contribution in [2.24, 2.45) is 0 Å². The summed E-state index contributed by atoms with van der Waals surface area (Å²) in [6.45, 7) is 12.6. The molecule has 2 rings (SSSR count). The minimum Gasteiger partial charge on any atom is -0.507 e. The Kier molecular flexibility index (Phi) is 7.64. The number of amides is 1. The van der Waals surface area contributed by atoms with Crippen LogP contribution in [0.4, 0.5) is 10.5 Å². The number of carbonyl (C=O) groups excluding carboxylic acids is 1. The second-order valence-corrected chi connectivity index (χ2v) is 10.4. The van der Waals surface area contributed by atoms with Gasteiger partial charge in [-0.1, -0.05) is 59.7 Å². The van der Waals surface area contributed by atoms with E-state index in [1.807, 2.05) is 71.9 Å². The summed E-state index contributed by atoms with van der Waals surface area (Å²) >= 11 is 1.75. The zero-order valence-corrected chi connectivity index (χ0v) is 19.2. The van der Waals surface area contributed by atoms with Gasteiger partial charge >= 0.3 is 6.09 Å². The van der Waals surface area contributed by atoms with E-state index in [9.17, 15) is 9.90 Å². The maximum atomic E-state index is 12.2. The van der Waals surface area contributed by atoms with Crippen LogP contribution in [0.3, 0.4) is 0 Å². The zero-order chi connectivity index (χ0) is 21.7. The van der Waals surface area contributed by atoms with Crippen LogP contribution in [0.1, 0.15) is 59.1 Å². The maximum Gasteiger partial charge on any atom is 0.411 e. The normalized spacial score (nSPS) is 11.9. The summed E-state index contributed by atoms with van der Waals surface area (Å²) < 4.78 is 5.34. The number of aromatic hydroxyl groups is 1. The smallest absolute Gasteiger partial charge is 0.411 e. The van der Waals surface area contributed by atoms with E-state index in [0.29, 0.717) is 18.0 Å². The first-order valence-corrected chi connectivity index (χ1v) is 11.0. The van der Waals surface area contributed by atoms with Crippen LogP contribution in [0.25, 0.3) is 0 Å². The number of hydrogen-bond acceptors (Lipinski definition) is 4. The van der Waals surface area contributed by atoms with Crippen LogP contribution in [0.2, 0.25) is 0 Å². The highest BCUT2D eigenvalue weighted by Crippen LogP contribution is 2.41. The molecule has 0 heterocycles. The molecular formula is C24H33NO3S. The molecule has 5 heteroatoms. The molecule has 0 aliphatic heterocycles. The molecular weight excluding hydrogens is 382 g/mol. The van der Waals surface area contributed by atoms with Crippen molar-refractivity contribution in [3.63, 3.8) is 0 Å². The van der Waals surface area contributed by atoms with Crippen LogP contribution in [-0.2, 0) is 15.6 Å². The van der Waals surface area contributed by atoms with E-state index in [0.717, 1.165) is 23.3 Å². The summed E-state index contributed by atoms with van der Waals surface area (Å²) in [6.07, 6.45) is 0.309. The van der Waals surface area contributed by atoms with Crippen molar-refractivity contribution >= 4 is 23.5 Å². The van der Waals surface area contributed by atoms with Gasteiger partial charge < -0.3 is 9.84 Å². The number of phenols is 1. The van der Waals surface area contributed by atoms with Gasteiger partial charge in [0.2, 0.25) is 0 Å². The quantitative estimate of drug-likeness (QED) is 0.312. The second-order valence-electron chi connectivity index (χ2n) is 9.20. The molecule has 0 fully saturated rings. The molecule has 1 amide bonds. The van der Waals surface area contributed by atoms with Gasteiger partial charge in [0.1, 0.15) is 5.75 Å². The Morgan fingerprint density at radius 2 is 1.55 bits per heavy atom. The first-order valence-electron chi connectivity index (χ1n) is 9.98. The molecule has 0 aromatic heterocycles. The lowest BCUT2D eigenvalue weighted by Gasteiger charge is -2.28. The number of rotatable bonds is 6. The monoisotopic (exact) mass is 415 g/mol. The highest BCUT2D eigenvalue weighted by atomic mass is 32.2. The van der Waals surface area contributed by atoms with E-state index in [4.69, 9.17) is 4.74 Å². The van der Waals surface area contributed by atoms with Crippen molar-refractivity contribution in [2.75, 3.05) is 17.7 Å². The largest absolute Gasteiger partial charge is 0.507 e. The topological polar surface area (TPSA) is 58.6 Å². The van der Waals surface area contributed by atoms with Gasteiger partial charge in [-0.3, -0.25) is 5.32 Å². The summed E-state index contributed by atoms with van der Waals surface area (Å²) in [4.78, 5) is 13.5. The Hall–Kier alpha value is -2.14. The fraction of sp³-hybridized carbons (Fsp3) is 0.458. The van der Waals surface area contributed by atoms with Crippen molar-refractivity contribution < 1.29 is 14.6 Å². The lowest BCUT2D eigenvalue weighted by Crippen LogP contribution is -2.20. The van der Waals surface area contributed by atoms with Crippen LogP contribution in [0.5, 0.6) is 5.75 Å². The number of anilines is 1. The molecule has 2 aromatic rings. The van der Waals surface area contributed by atoms with Crippen molar-refractivity contribution in [2.45, 2.75) is 63.7 Å². The lowest BCUT2D eigenvalue weighted by atomic mass is 9.79. The highest BCUT2D eigenvalue weighted by Gasteiger charge is 2.27. The molecule has 0 saturated carbocycles. The van der Waals surface area contributed by atoms with Crippen LogP contribution in [-0.4, -0.2) is 23.6 Å². The van der Waals surface area contributed by atoms with Gasteiger partial charge in [0, 0.05) is 27.5 Å². The van der Waals surface area contributed by atoms with Crippen molar-refractivity contribution in [1.82, 2.24) is 0 Å². The molecule has 0 atom stereocenters. The van der Waals surface area contributed by atoms with E-state index in [1.54, 1.807) is 11.8 Å². The average Bonchev–Trinajstić information content (AvgIpc) is 2.61. The zero-order valence-electron chi connectivity index (χ0n) is 18.3. The van der Waals surface area contributed by atoms with E-state index < -0.39 is 6.09 Å². The van der Waals surface area contributed by atoms with Crippen molar-refractivity contribution in [3.8, 4) is 5.75 Å². The predicted octanol–water partition coefficient (Wildman–Crippen LogP) is 6.72. The third kappa shape index (κ3) is 7.00. The fourth-order valence-electron chi connectivity index (χ4n) is 2.93. The SMILES string of the molecule is CC(C)(C)c1cc(NC(=O)OCCCSc2ccccc2)cc(C(C)(C)C)c1O. The predicted molar refractivity (Wildman–Crippen MR) is 122 cm³/mol. The molecule has 0 saturated heterocycles. The number of ether oxygens (including phenoxy) is 1. The molecule has 0 radical (unpaired) electrons. The average molecular weight is 416 g/mol. The fourth-order valence-corrected chi connectivity index (χ4v) is 3.78. The van der Waals surface area contributed by atoms with Crippen LogP contribution in [0, 0.1) is 0 Å². The number of hydrogen-bond donors (Lipinski definition) is 2. The molecule has 0 unspecified atom stereocenters. The Morgan fingerprint density at radius 1 is 1.00 bits per heavy atom. The Morgan fingerprint density at radius 3 is 2.07 bits per heavy atom. The Balaban J connectivity index is 1.97. The lowest BCUT2D eigenvalue weighted by molar-refractivity contribution is 0.162. The van der Waals surface area contributed by atoms with E-state index >= 15 is 0 Å². The van der Waals surface area contributed by atoms with Gasteiger partial charge in [-0.15, -0.1) is 11.8 Å². The van der Waals surface area contributed by atoms with Gasteiger partial charge in [0.15, 0.2) is 0 Å². The molecule has 0 aliphatic carbocycles. The van der Waals surface area contributed by atoms with E-state index in [1.165, 1.54) is 4.90 Å². The number of phenolic OH excluding ortho intramolecular Hbond substituents is 1.